The van der Waals surface area contributed by atoms with Gasteiger partial charge in [0.2, 0.25) is 0 Å². The van der Waals surface area contributed by atoms with Crippen molar-refractivity contribution in [1.29, 1.82) is 0 Å². The Morgan fingerprint density at radius 1 is 1.16 bits per heavy atom. The third kappa shape index (κ3) is 3.73. The van der Waals surface area contributed by atoms with Crippen LogP contribution in [0.5, 0.6) is 0 Å². The van der Waals surface area contributed by atoms with Gasteiger partial charge in [-0.3, -0.25) is 4.79 Å². The predicted octanol–water partition coefficient (Wildman–Crippen LogP) is 4.87. The van der Waals surface area contributed by atoms with Crippen LogP contribution in [0.1, 0.15) is 25.7 Å². The van der Waals surface area contributed by atoms with E-state index in [1.807, 2.05) is 6.07 Å². The van der Waals surface area contributed by atoms with Gasteiger partial charge in [-0.05, 0) is 31.2 Å². The van der Waals surface area contributed by atoms with Crippen LogP contribution in [0, 0.1) is 6.92 Å². The number of benzene rings is 1. The Hall–Kier alpha value is -2.22. The molecule has 1 N–H and O–H groups in total. The van der Waals surface area contributed by atoms with Crippen molar-refractivity contribution in [3.63, 3.8) is 0 Å². The number of hydrogen-bond donors (Lipinski definition) is 1. The van der Waals surface area contributed by atoms with Gasteiger partial charge in [-0.25, -0.2) is 9.78 Å². The first-order valence-electron chi connectivity index (χ1n) is 7.21. The minimum Gasteiger partial charge on any atom is -0.465 e. The molecule has 25 heavy (non-hydrogen) atoms. The number of carbonyl (C=O) groups excluding carboxylic acids is 2. The number of halogens is 1. The van der Waals surface area contributed by atoms with Gasteiger partial charge < -0.3 is 10.1 Å². The molecule has 0 aliphatic heterocycles. The second-order valence-electron chi connectivity index (χ2n) is 5.03. The van der Waals surface area contributed by atoms with Gasteiger partial charge >= 0.3 is 5.97 Å². The molecular formula is C17H13ClN2O3S2. The fourth-order valence-corrected chi connectivity index (χ4v) is 4.26. The molecule has 128 valence electrons. The minimum atomic E-state index is -0.508. The summed E-state index contributed by atoms with van der Waals surface area (Å²) in [6.45, 7) is 1.77. The van der Waals surface area contributed by atoms with E-state index in [0.717, 1.165) is 9.88 Å². The van der Waals surface area contributed by atoms with Gasteiger partial charge in [-0.15, -0.1) is 22.7 Å². The molecule has 0 atom stereocenters. The molecule has 0 unspecified atom stereocenters. The highest BCUT2D eigenvalue weighted by Gasteiger charge is 2.19. The Morgan fingerprint density at radius 2 is 1.92 bits per heavy atom. The van der Waals surface area contributed by atoms with Crippen LogP contribution >= 0.6 is 34.3 Å². The number of carbonyl (C=O) groups is 2. The molecule has 8 heteroatoms. The second kappa shape index (κ2) is 7.35. The summed E-state index contributed by atoms with van der Waals surface area (Å²) in [6, 6.07) is 10.4. The molecule has 0 aliphatic carbocycles. The number of amides is 1. The van der Waals surface area contributed by atoms with E-state index in [0.29, 0.717) is 26.2 Å². The monoisotopic (exact) mass is 392 g/mol. The van der Waals surface area contributed by atoms with Gasteiger partial charge in [0.15, 0.2) is 0 Å². The van der Waals surface area contributed by atoms with Crippen LogP contribution in [0.3, 0.4) is 0 Å². The van der Waals surface area contributed by atoms with Crippen molar-refractivity contribution in [2.24, 2.45) is 0 Å². The number of ether oxygens (including phenoxy) is 1. The highest BCUT2D eigenvalue weighted by Crippen LogP contribution is 2.35. The number of thiophene rings is 1. The van der Waals surface area contributed by atoms with E-state index in [1.165, 1.54) is 29.8 Å². The number of esters is 1. The van der Waals surface area contributed by atoms with Crippen molar-refractivity contribution in [3.8, 4) is 9.88 Å². The van der Waals surface area contributed by atoms with Gasteiger partial charge in [0.05, 0.1) is 33.3 Å². The third-order valence-electron chi connectivity index (χ3n) is 3.37. The number of methoxy groups -OCH3 is 1. The van der Waals surface area contributed by atoms with E-state index in [4.69, 9.17) is 16.3 Å². The maximum atomic E-state index is 12.6. The van der Waals surface area contributed by atoms with Gasteiger partial charge in [0.1, 0.15) is 9.88 Å². The first-order chi connectivity index (χ1) is 12.0. The van der Waals surface area contributed by atoms with Crippen LogP contribution < -0.4 is 5.32 Å². The summed E-state index contributed by atoms with van der Waals surface area (Å²) >= 11 is 8.65. The summed E-state index contributed by atoms with van der Waals surface area (Å²) in [5.41, 5.74) is 1.32. The predicted molar refractivity (Wildman–Crippen MR) is 101 cm³/mol. The summed E-state index contributed by atoms with van der Waals surface area (Å²) in [5, 5.41) is 3.50. The van der Waals surface area contributed by atoms with Gasteiger partial charge in [-0.1, -0.05) is 23.7 Å². The van der Waals surface area contributed by atoms with Crippen molar-refractivity contribution in [3.05, 3.63) is 56.9 Å². The highest BCUT2D eigenvalue weighted by atomic mass is 35.5. The van der Waals surface area contributed by atoms with Crippen LogP contribution in [-0.2, 0) is 4.74 Å². The molecule has 0 fully saturated rings. The fraction of sp³-hybridized carbons (Fsp3) is 0.118. The molecule has 5 nitrogen and oxygen atoms in total. The van der Waals surface area contributed by atoms with Gasteiger partial charge in [0, 0.05) is 0 Å². The highest BCUT2D eigenvalue weighted by molar-refractivity contribution is 7.24. The lowest BCUT2D eigenvalue weighted by Gasteiger charge is -2.08. The summed E-state index contributed by atoms with van der Waals surface area (Å²) < 4.78 is 5.41. The van der Waals surface area contributed by atoms with Crippen LogP contribution in [0.25, 0.3) is 9.88 Å². The number of aryl methyl sites for hydroxylation is 1. The SMILES string of the molecule is COC(=O)c1ccccc1NC(=O)c1sc(-c2ccc(Cl)s2)nc1C. The zero-order chi connectivity index (χ0) is 18.0. The fourth-order valence-electron chi connectivity index (χ4n) is 2.20. The molecule has 2 aromatic heterocycles. The number of nitrogens with one attached hydrogen (secondary N) is 1. The number of hydrogen-bond acceptors (Lipinski definition) is 6. The van der Waals surface area contributed by atoms with E-state index in [1.54, 1.807) is 37.3 Å². The van der Waals surface area contributed by atoms with Crippen LogP contribution in [-0.4, -0.2) is 24.0 Å². The van der Waals surface area contributed by atoms with E-state index < -0.39 is 5.97 Å². The van der Waals surface area contributed by atoms with Gasteiger partial charge in [-0.2, -0.15) is 0 Å². The van der Waals surface area contributed by atoms with Crippen molar-refractivity contribution in [2.45, 2.75) is 6.92 Å². The molecule has 1 aromatic carbocycles. The summed E-state index contributed by atoms with van der Waals surface area (Å²) in [4.78, 5) is 30.3. The molecular weight excluding hydrogens is 380 g/mol. The molecule has 3 aromatic rings. The first-order valence-corrected chi connectivity index (χ1v) is 9.22. The molecule has 0 bridgehead atoms. The largest absolute Gasteiger partial charge is 0.465 e. The first kappa shape index (κ1) is 17.6. The summed E-state index contributed by atoms with van der Waals surface area (Å²) in [5.74, 6) is -0.828. The van der Waals surface area contributed by atoms with Crippen molar-refractivity contribution >= 4 is 51.8 Å². The summed E-state index contributed by atoms with van der Waals surface area (Å²) in [7, 11) is 1.30. The second-order valence-corrected chi connectivity index (χ2v) is 7.74. The van der Waals surface area contributed by atoms with Crippen LogP contribution in [0.4, 0.5) is 5.69 Å². The van der Waals surface area contributed by atoms with Gasteiger partial charge in [0.25, 0.3) is 5.91 Å². The number of aromatic nitrogens is 1. The average Bonchev–Trinajstić information content (AvgIpc) is 3.20. The van der Waals surface area contributed by atoms with E-state index >= 15 is 0 Å². The zero-order valence-corrected chi connectivity index (χ0v) is 15.7. The Morgan fingerprint density at radius 3 is 2.60 bits per heavy atom. The number of anilines is 1. The van der Waals surface area contributed by atoms with Crippen molar-refractivity contribution in [1.82, 2.24) is 4.98 Å². The molecule has 3 rings (SSSR count). The Bertz CT molecular complexity index is 949. The average molecular weight is 393 g/mol. The Kier molecular flexibility index (Phi) is 5.17. The lowest BCUT2D eigenvalue weighted by Crippen LogP contribution is -2.15. The van der Waals surface area contributed by atoms with E-state index in [-0.39, 0.29) is 5.91 Å². The number of thiazole rings is 1. The maximum Gasteiger partial charge on any atom is 0.339 e. The van der Waals surface area contributed by atoms with E-state index in [9.17, 15) is 9.59 Å². The zero-order valence-electron chi connectivity index (χ0n) is 13.3. The lowest BCUT2D eigenvalue weighted by molar-refractivity contribution is 0.0602. The minimum absolute atomic E-state index is 0.297. The molecule has 0 aliphatic rings. The van der Waals surface area contributed by atoms with Crippen LogP contribution in [0.15, 0.2) is 36.4 Å². The van der Waals surface area contributed by atoms with Crippen molar-refractivity contribution < 1.29 is 14.3 Å². The molecule has 0 saturated heterocycles. The Balaban J connectivity index is 1.88. The topological polar surface area (TPSA) is 68.3 Å². The molecule has 0 radical (unpaired) electrons. The standard InChI is InChI=1S/C17H13ClN2O3S2/c1-9-14(25-16(19-9)12-7-8-13(18)24-12)15(21)20-11-6-4-3-5-10(11)17(22)23-2/h3-8H,1-2H3,(H,20,21). The molecule has 0 saturated carbocycles. The number of rotatable bonds is 4. The smallest absolute Gasteiger partial charge is 0.339 e. The normalized spacial score (nSPS) is 10.5. The van der Waals surface area contributed by atoms with E-state index in [2.05, 4.69) is 10.3 Å². The Labute approximate surface area is 157 Å². The third-order valence-corrected chi connectivity index (χ3v) is 5.92. The molecule has 0 spiro atoms. The number of para-hydroxylation sites is 1. The summed E-state index contributed by atoms with van der Waals surface area (Å²) in [6.07, 6.45) is 0. The quantitative estimate of drug-likeness (QED) is 0.643. The van der Waals surface area contributed by atoms with Crippen LogP contribution in [0.2, 0.25) is 4.34 Å². The number of nitrogens with zero attached hydrogens (tertiary/aromatic N) is 1. The lowest BCUT2D eigenvalue weighted by atomic mass is 10.1. The maximum absolute atomic E-state index is 12.6. The molecule has 1 amide bonds. The molecule has 2 heterocycles. The van der Waals surface area contributed by atoms with Crippen molar-refractivity contribution in [2.75, 3.05) is 12.4 Å².